The molecule has 0 saturated heterocycles. The molecule has 1 N–H and O–H groups in total. The largest absolute Gasteiger partial charge is 0.384 e. The second-order valence-corrected chi connectivity index (χ2v) is 3.94. The van der Waals surface area contributed by atoms with Crippen molar-refractivity contribution in [2.45, 2.75) is 65.5 Å². The summed E-state index contributed by atoms with van der Waals surface area (Å²) < 4.78 is 0. The van der Waals surface area contributed by atoms with Crippen LogP contribution in [0.4, 0.5) is 0 Å². The summed E-state index contributed by atoms with van der Waals surface area (Å²) in [4.78, 5) is 4.41. The Morgan fingerprint density at radius 2 is 1.86 bits per heavy atom. The van der Waals surface area contributed by atoms with Gasteiger partial charge in [-0.15, -0.1) is 0 Å². The van der Waals surface area contributed by atoms with Crippen LogP contribution in [0, 0.1) is 38.2 Å². The molecule has 2 nitrogen and oxygen atoms in total. The quantitative estimate of drug-likeness (QED) is 0.762. The molecule has 1 unspecified atom stereocenters. The van der Waals surface area contributed by atoms with Crippen molar-refractivity contribution in [1.29, 1.82) is 0 Å². The maximum atomic E-state index is 10.2. The number of rotatable bonds is 5. The van der Waals surface area contributed by atoms with Crippen LogP contribution in [0.1, 0.15) is 53.9 Å². The van der Waals surface area contributed by atoms with Crippen LogP contribution < -0.4 is 0 Å². The van der Waals surface area contributed by atoms with Gasteiger partial charge in [-0.3, -0.25) is 4.99 Å². The van der Waals surface area contributed by atoms with Gasteiger partial charge in [-0.2, -0.15) is 0 Å². The molecule has 0 aromatic heterocycles. The number of aliphatic hydroxyl groups is 1. The van der Waals surface area contributed by atoms with E-state index in [0.29, 0.717) is 0 Å². The second-order valence-electron chi connectivity index (χ2n) is 3.94. The predicted octanol–water partition coefficient (Wildman–Crippen LogP) is 2.80. The van der Waals surface area contributed by atoms with Gasteiger partial charge in [0.25, 0.3) is 0 Å². The Balaban J connectivity index is 0. The summed E-state index contributed by atoms with van der Waals surface area (Å²) in [6, 6.07) is 0.273. The van der Waals surface area contributed by atoms with Crippen LogP contribution in [-0.2, 0) is 0 Å². The number of aliphatic imine (C=N–C) groups is 1. The van der Waals surface area contributed by atoms with Crippen molar-refractivity contribution in [2.24, 2.45) is 4.99 Å². The van der Waals surface area contributed by atoms with E-state index in [4.69, 9.17) is 0 Å². The normalized spacial score (nSPS) is 16.4. The summed E-state index contributed by atoms with van der Waals surface area (Å²) in [5.41, 5.74) is 0.214. The zero-order chi connectivity index (χ0) is 10.5. The van der Waals surface area contributed by atoms with Gasteiger partial charge in [-0.25, -0.2) is 0 Å². The Morgan fingerprint density at radius 3 is 2.14 bits per heavy atom. The van der Waals surface area contributed by atoms with E-state index in [-0.39, 0.29) is 44.2 Å². The summed E-state index contributed by atoms with van der Waals surface area (Å²) >= 11 is 0. The van der Waals surface area contributed by atoms with Crippen molar-refractivity contribution in [3.8, 4) is 0 Å². The molecule has 0 amide bonds. The zero-order valence-electron chi connectivity index (χ0n) is 9.91. The average molecular weight is 348 g/mol. The first-order valence-corrected chi connectivity index (χ1v) is 5.23. The van der Waals surface area contributed by atoms with E-state index in [0.717, 1.165) is 25.0 Å². The Hall–Kier alpha value is 0.903. The summed E-state index contributed by atoms with van der Waals surface area (Å²) in [6.45, 7) is 10.1. The summed E-state index contributed by atoms with van der Waals surface area (Å²) in [5, 5.41) is 10.2. The van der Waals surface area contributed by atoms with E-state index in [1.54, 1.807) is 0 Å². The first kappa shape index (κ1) is 17.3. The molecule has 0 heterocycles. The fourth-order valence-corrected chi connectivity index (χ4v) is 1.53. The fraction of sp³-hybridized carbons (Fsp3) is 0.909. The second kappa shape index (κ2) is 8.10. The molecule has 0 aliphatic rings. The van der Waals surface area contributed by atoms with Crippen LogP contribution >= 0.6 is 0 Å². The van der Waals surface area contributed by atoms with Gasteiger partial charge in [0, 0.05) is 49.9 Å². The summed E-state index contributed by atoms with van der Waals surface area (Å²) in [5.74, 6) is 0. The molecule has 0 aliphatic heterocycles. The Bertz CT molecular complexity index is 180. The van der Waals surface area contributed by atoms with Crippen molar-refractivity contribution in [2.75, 3.05) is 0 Å². The standard InChI is InChI=1S/C11H23NO.Dy/c1-6-8-11(13,7-2)10(5)12-9(3)4;/h9,13H,6-8H2,1-5H3;. The van der Waals surface area contributed by atoms with Crippen molar-refractivity contribution in [3.63, 3.8) is 0 Å². The fourth-order valence-electron chi connectivity index (χ4n) is 1.53. The molecule has 0 aromatic rings. The van der Waals surface area contributed by atoms with E-state index in [1.807, 2.05) is 27.7 Å². The van der Waals surface area contributed by atoms with E-state index in [1.165, 1.54) is 0 Å². The topological polar surface area (TPSA) is 32.6 Å². The van der Waals surface area contributed by atoms with E-state index in [9.17, 15) is 5.11 Å². The third kappa shape index (κ3) is 5.70. The maximum absolute atomic E-state index is 10.2. The van der Waals surface area contributed by atoms with Crippen molar-refractivity contribution >= 4 is 5.71 Å². The van der Waals surface area contributed by atoms with Gasteiger partial charge in [-0.05, 0) is 33.6 Å². The number of nitrogens with zero attached hydrogens (tertiary/aromatic N) is 1. The molecule has 0 aromatic carbocycles. The van der Waals surface area contributed by atoms with Gasteiger partial charge in [0.05, 0.1) is 0 Å². The first-order chi connectivity index (χ1) is 5.96. The van der Waals surface area contributed by atoms with Gasteiger partial charge < -0.3 is 5.11 Å². The van der Waals surface area contributed by atoms with Crippen LogP contribution in [0.25, 0.3) is 0 Å². The van der Waals surface area contributed by atoms with Crippen LogP contribution in [-0.4, -0.2) is 22.5 Å². The Morgan fingerprint density at radius 1 is 1.36 bits per heavy atom. The van der Waals surface area contributed by atoms with Gasteiger partial charge in [0.1, 0.15) is 5.60 Å². The van der Waals surface area contributed by atoms with Crippen molar-refractivity contribution in [3.05, 3.63) is 0 Å². The summed E-state index contributed by atoms with van der Waals surface area (Å²) in [7, 11) is 0. The van der Waals surface area contributed by atoms with Gasteiger partial charge in [0.15, 0.2) is 0 Å². The van der Waals surface area contributed by atoms with Gasteiger partial charge in [-0.1, -0.05) is 20.3 Å². The third-order valence-corrected chi connectivity index (χ3v) is 2.37. The van der Waals surface area contributed by atoms with Crippen LogP contribution in [0.3, 0.4) is 0 Å². The molecule has 0 radical (unpaired) electrons. The molecule has 0 rings (SSSR count). The Labute approximate surface area is 119 Å². The van der Waals surface area contributed by atoms with E-state index < -0.39 is 5.60 Å². The van der Waals surface area contributed by atoms with Crippen LogP contribution in [0.15, 0.2) is 4.99 Å². The summed E-state index contributed by atoms with van der Waals surface area (Å²) in [6.07, 6.45) is 2.56. The van der Waals surface area contributed by atoms with Crippen molar-refractivity contribution < 1.29 is 43.3 Å². The van der Waals surface area contributed by atoms with Crippen LogP contribution in [0.2, 0.25) is 0 Å². The molecule has 0 spiro atoms. The van der Waals surface area contributed by atoms with Gasteiger partial charge >= 0.3 is 0 Å². The molecular formula is C11H23DyNO. The molecule has 14 heavy (non-hydrogen) atoms. The predicted molar refractivity (Wildman–Crippen MR) is 58.4 cm³/mol. The smallest absolute Gasteiger partial charge is 0.102 e. The zero-order valence-corrected chi connectivity index (χ0v) is 11.9. The minimum atomic E-state index is -0.668. The molecule has 0 bridgehead atoms. The maximum Gasteiger partial charge on any atom is 0.102 e. The minimum absolute atomic E-state index is 0. The monoisotopic (exact) mass is 349 g/mol. The third-order valence-electron chi connectivity index (χ3n) is 2.37. The van der Waals surface area contributed by atoms with E-state index in [2.05, 4.69) is 11.9 Å². The first-order valence-electron chi connectivity index (χ1n) is 5.23. The van der Waals surface area contributed by atoms with Crippen LogP contribution in [0.5, 0.6) is 0 Å². The van der Waals surface area contributed by atoms with Crippen molar-refractivity contribution in [1.82, 2.24) is 0 Å². The molecule has 0 aliphatic carbocycles. The SMILES string of the molecule is CCCC(O)(CC)C(C)=NC(C)C.[Dy]. The van der Waals surface area contributed by atoms with Gasteiger partial charge in [0.2, 0.25) is 0 Å². The molecule has 88 valence electrons. The number of hydrogen-bond donors (Lipinski definition) is 1. The molecule has 0 fully saturated rings. The Kier molecular flexibility index (Phi) is 10.0. The average Bonchev–Trinajstić information content (AvgIpc) is 2.03. The molecule has 0 saturated carbocycles. The van der Waals surface area contributed by atoms with E-state index >= 15 is 0 Å². The molecule has 3 heteroatoms. The molecule has 1 atom stereocenters. The molecular weight excluding hydrogens is 325 g/mol. The number of hydrogen-bond acceptors (Lipinski definition) is 2. The minimum Gasteiger partial charge on any atom is -0.384 e.